The summed E-state index contributed by atoms with van der Waals surface area (Å²) in [6.07, 6.45) is 3.18. The highest BCUT2D eigenvalue weighted by Crippen LogP contribution is 2.26. The maximum absolute atomic E-state index is 12.9. The summed E-state index contributed by atoms with van der Waals surface area (Å²) in [5, 5.41) is 10.1. The fourth-order valence-corrected chi connectivity index (χ4v) is 2.24. The summed E-state index contributed by atoms with van der Waals surface area (Å²) in [4.78, 5) is 3.99. The summed E-state index contributed by atoms with van der Waals surface area (Å²) in [5.41, 5.74) is 1.62. The van der Waals surface area contributed by atoms with E-state index in [2.05, 4.69) is 20.9 Å². The number of aliphatic hydroxyl groups excluding tert-OH is 1. The quantitative estimate of drug-likeness (QED) is 0.943. The first-order valence-electron chi connectivity index (χ1n) is 5.19. The van der Waals surface area contributed by atoms with Crippen LogP contribution in [0.25, 0.3) is 0 Å². The number of nitrogens with zero attached hydrogens (tertiary/aromatic N) is 1. The van der Waals surface area contributed by atoms with Gasteiger partial charge in [0.25, 0.3) is 0 Å². The van der Waals surface area contributed by atoms with E-state index in [1.807, 2.05) is 12.1 Å². The topological polar surface area (TPSA) is 33.1 Å². The van der Waals surface area contributed by atoms with Gasteiger partial charge in [-0.2, -0.15) is 0 Å². The molecule has 0 fully saturated rings. The van der Waals surface area contributed by atoms with Gasteiger partial charge in [-0.3, -0.25) is 4.98 Å². The van der Waals surface area contributed by atoms with Crippen LogP contribution in [0.15, 0.2) is 47.2 Å². The number of halogens is 2. The molecule has 17 heavy (non-hydrogen) atoms. The molecule has 0 aliphatic rings. The van der Waals surface area contributed by atoms with Gasteiger partial charge in [0.05, 0.1) is 6.10 Å². The lowest BCUT2D eigenvalue weighted by atomic mass is 10.0. The Morgan fingerprint density at radius 1 is 1.35 bits per heavy atom. The molecule has 0 aliphatic heterocycles. The first kappa shape index (κ1) is 12.2. The predicted molar refractivity (Wildman–Crippen MR) is 67.0 cm³/mol. The second kappa shape index (κ2) is 5.38. The van der Waals surface area contributed by atoms with Crippen LogP contribution < -0.4 is 0 Å². The zero-order valence-corrected chi connectivity index (χ0v) is 10.6. The number of hydrogen-bond acceptors (Lipinski definition) is 2. The van der Waals surface area contributed by atoms with E-state index in [1.54, 1.807) is 18.5 Å². The summed E-state index contributed by atoms with van der Waals surface area (Å²) in [5.74, 6) is -0.325. The highest BCUT2D eigenvalue weighted by Gasteiger charge is 2.12. The van der Waals surface area contributed by atoms with Crippen molar-refractivity contribution in [2.75, 3.05) is 0 Å². The van der Waals surface area contributed by atoms with Crippen molar-refractivity contribution >= 4 is 15.9 Å². The van der Waals surface area contributed by atoms with Gasteiger partial charge in [-0.25, -0.2) is 4.39 Å². The monoisotopic (exact) mass is 295 g/mol. The van der Waals surface area contributed by atoms with Crippen molar-refractivity contribution in [3.63, 3.8) is 0 Å². The van der Waals surface area contributed by atoms with E-state index in [9.17, 15) is 9.50 Å². The van der Waals surface area contributed by atoms with Gasteiger partial charge in [-0.1, -0.05) is 28.1 Å². The average molecular weight is 296 g/mol. The molecular weight excluding hydrogens is 285 g/mol. The minimum atomic E-state index is -0.672. The summed E-state index contributed by atoms with van der Waals surface area (Å²) in [6.45, 7) is 0. The van der Waals surface area contributed by atoms with Crippen LogP contribution in [0.5, 0.6) is 0 Å². The molecule has 0 radical (unpaired) electrons. The van der Waals surface area contributed by atoms with Crippen molar-refractivity contribution in [3.05, 3.63) is 64.1 Å². The molecule has 1 aromatic carbocycles. The van der Waals surface area contributed by atoms with Crippen LogP contribution >= 0.6 is 15.9 Å². The third-order valence-corrected chi connectivity index (χ3v) is 3.16. The Labute approximate surface area is 107 Å². The first-order chi connectivity index (χ1) is 8.16. The van der Waals surface area contributed by atoms with Crippen LogP contribution in [-0.2, 0) is 6.42 Å². The van der Waals surface area contributed by atoms with Crippen molar-refractivity contribution < 1.29 is 9.50 Å². The molecular formula is C13H11BrFNO. The zero-order chi connectivity index (χ0) is 12.3. The van der Waals surface area contributed by atoms with E-state index in [-0.39, 0.29) is 5.82 Å². The van der Waals surface area contributed by atoms with Crippen molar-refractivity contribution in [3.8, 4) is 0 Å². The van der Waals surface area contributed by atoms with Gasteiger partial charge < -0.3 is 5.11 Å². The third-order valence-electron chi connectivity index (χ3n) is 2.47. The summed E-state index contributed by atoms with van der Waals surface area (Å²) in [7, 11) is 0. The molecule has 0 bridgehead atoms. The van der Waals surface area contributed by atoms with E-state index in [4.69, 9.17) is 0 Å². The zero-order valence-electron chi connectivity index (χ0n) is 8.98. The number of benzene rings is 1. The molecule has 2 nitrogen and oxygen atoms in total. The third kappa shape index (κ3) is 3.11. The molecule has 88 valence electrons. The highest BCUT2D eigenvalue weighted by molar-refractivity contribution is 9.10. The van der Waals surface area contributed by atoms with Crippen molar-refractivity contribution in [1.82, 2.24) is 4.98 Å². The minimum absolute atomic E-state index is 0.325. The Hall–Kier alpha value is -1.26. The van der Waals surface area contributed by atoms with Gasteiger partial charge in [0.2, 0.25) is 0 Å². The van der Waals surface area contributed by atoms with E-state index < -0.39 is 6.10 Å². The summed E-state index contributed by atoms with van der Waals surface area (Å²) >= 11 is 3.25. The normalized spacial score (nSPS) is 12.4. The molecule has 0 amide bonds. The molecule has 2 aromatic rings. The Balaban J connectivity index is 2.17. The lowest BCUT2D eigenvalue weighted by Gasteiger charge is -2.12. The van der Waals surface area contributed by atoms with Crippen LogP contribution in [0, 0.1) is 5.82 Å². The minimum Gasteiger partial charge on any atom is -0.388 e. The number of pyridine rings is 1. The Morgan fingerprint density at radius 2 is 2.18 bits per heavy atom. The molecule has 0 aliphatic carbocycles. The standard InChI is InChI=1S/C13H11BrFNO/c14-12-7-10(15)3-4-11(12)13(17)6-9-2-1-5-16-8-9/h1-5,7-8,13,17H,6H2. The van der Waals surface area contributed by atoms with Crippen LogP contribution in [0.1, 0.15) is 17.2 Å². The van der Waals surface area contributed by atoms with Crippen LogP contribution in [0.3, 0.4) is 0 Å². The lowest BCUT2D eigenvalue weighted by molar-refractivity contribution is 0.177. The molecule has 0 saturated carbocycles. The number of hydrogen-bond donors (Lipinski definition) is 1. The van der Waals surface area contributed by atoms with Crippen LogP contribution in [0.2, 0.25) is 0 Å². The van der Waals surface area contributed by atoms with E-state index in [0.29, 0.717) is 16.5 Å². The number of rotatable bonds is 3. The van der Waals surface area contributed by atoms with Gasteiger partial charge in [0.1, 0.15) is 5.82 Å². The fraction of sp³-hybridized carbons (Fsp3) is 0.154. The SMILES string of the molecule is OC(Cc1cccnc1)c1ccc(F)cc1Br. The number of aliphatic hydroxyl groups is 1. The van der Waals surface area contributed by atoms with Crippen molar-refractivity contribution in [2.45, 2.75) is 12.5 Å². The Bertz CT molecular complexity index is 504. The fourth-order valence-electron chi connectivity index (χ4n) is 1.62. The van der Waals surface area contributed by atoms with Gasteiger partial charge in [0, 0.05) is 23.3 Å². The van der Waals surface area contributed by atoms with Gasteiger partial charge in [-0.15, -0.1) is 0 Å². The molecule has 1 aromatic heterocycles. The van der Waals surface area contributed by atoms with Crippen molar-refractivity contribution in [1.29, 1.82) is 0 Å². The first-order valence-corrected chi connectivity index (χ1v) is 5.98. The molecule has 0 saturated heterocycles. The predicted octanol–water partition coefficient (Wildman–Crippen LogP) is 3.26. The molecule has 0 spiro atoms. The van der Waals surface area contributed by atoms with E-state index >= 15 is 0 Å². The van der Waals surface area contributed by atoms with E-state index in [1.165, 1.54) is 12.1 Å². The Kier molecular flexibility index (Phi) is 3.86. The van der Waals surface area contributed by atoms with Crippen molar-refractivity contribution in [2.24, 2.45) is 0 Å². The second-order valence-corrected chi connectivity index (χ2v) is 4.60. The highest BCUT2D eigenvalue weighted by atomic mass is 79.9. The smallest absolute Gasteiger partial charge is 0.124 e. The molecule has 1 atom stereocenters. The average Bonchev–Trinajstić information content (AvgIpc) is 2.30. The van der Waals surface area contributed by atoms with Gasteiger partial charge in [-0.05, 0) is 29.3 Å². The van der Waals surface area contributed by atoms with Gasteiger partial charge in [0.15, 0.2) is 0 Å². The lowest BCUT2D eigenvalue weighted by Crippen LogP contribution is -2.03. The molecule has 1 N–H and O–H groups in total. The van der Waals surface area contributed by atoms with Crippen LogP contribution in [-0.4, -0.2) is 10.1 Å². The number of aromatic nitrogens is 1. The Morgan fingerprint density at radius 3 is 2.82 bits per heavy atom. The summed E-state index contributed by atoms with van der Waals surface area (Å²) < 4.78 is 13.5. The maximum atomic E-state index is 12.9. The maximum Gasteiger partial charge on any atom is 0.124 e. The largest absolute Gasteiger partial charge is 0.388 e. The molecule has 4 heteroatoms. The van der Waals surface area contributed by atoms with Crippen LogP contribution in [0.4, 0.5) is 4.39 Å². The molecule has 1 heterocycles. The van der Waals surface area contributed by atoms with Gasteiger partial charge >= 0.3 is 0 Å². The molecule has 2 rings (SSSR count). The van der Waals surface area contributed by atoms with E-state index in [0.717, 1.165) is 5.56 Å². The second-order valence-electron chi connectivity index (χ2n) is 3.75. The summed E-state index contributed by atoms with van der Waals surface area (Å²) in [6, 6.07) is 7.99. The molecule has 1 unspecified atom stereocenters.